The van der Waals surface area contributed by atoms with Gasteiger partial charge in [0.05, 0.1) is 42.5 Å². The van der Waals surface area contributed by atoms with Gasteiger partial charge < -0.3 is 33.7 Å². The van der Waals surface area contributed by atoms with Gasteiger partial charge in [-0.15, -0.1) is 0 Å². The van der Waals surface area contributed by atoms with Crippen LogP contribution in [0.3, 0.4) is 0 Å². The number of aliphatic imine (C=N–C) groups is 1. The number of benzene rings is 1. The van der Waals surface area contributed by atoms with Crippen LogP contribution in [0, 0.1) is 17.8 Å². The van der Waals surface area contributed by atoms with E-state index in [0.717, 1.165) is 28.6 Å². The van der Waals surface area contributed by atoms with Crippen molar-refractivity contribution in [3.63, 3.8) is 0 Å². The summed E-state index contributed by atoms with van der Waals surface area (Å²) in [6.07, 6.45) is 6.07. The molecule has 12 nitrogen and oxygen atoms in total. The van der Waals surface area contributed by atoms with E-state index in [0.29, 0.717) is 42.9 Å². The van der Waals surface area contributed by atoms with E-state index in [1.54, 1.807) is 11.8 Å². The summed E-state index contributed by atoms with van der Waals surface area (Å²) < 4.78 is 32.9. The number of carbonyl (C=O) groups is 2. The second kappa shape index (κ2) is 18.1. The number of halogens is 1. The molecular weight excluding hydrogens is 760 g/mol. The Hall–Kier alpha value is -3.39. The van der Waals surface area contributed by atoms with Crippen molar-refractivity contribution in [2.45, 2.75) is 135 Å². The van der Waals surface area contributed by atoms with Crippen LogP contribution in [-0.4, -0.2) is 125 Å². The lowest BCUT2D eigenvalue weighted by Gasteiger charge is -2.47. The monoisotopic (exact) mass is 822 g/mol. The standard InChI is InChI=1S/C45H63ClN4O8/c1-11-13-36-45(8)39-30(6)37(47-17-18-50(39)43(53)58-45)28(4)24-44(7,54-19-12-14-31-22-32-23-33(46)15-16-34(32)48-25-31)40(26(2)20-27(3)41(52)56-36)57-42-38(51)35(49(9)10)21-29(5)55-42/h12,14-16,20,22-23,25-26,28-30,35-36,38-40,42,51H,11,13,17-19,21,24H2,1-10H3/b14-12+,27-20-/t26-,28+,29-,30-,35+,36+,38?,39+,40+,42+,44-,45+/m0/s1. The fourth-order valence-corrected chi connectivity index (χ4v) is 10.1. The zero-order chi connectivity index (χ0) is 42.1. The quantitative estimate of drug-likeness (QED) is 0.254. The Morgan fingerprint density at radius 2 is 1.90 bits per heavy atom. The number of aromatic nitrogens is 1. The molecule has 13 heteroatoms. The smallest absolute Gasteiger partial charge is 0.410 e. The predicted octanol–water partition coefficient (Wildman–Crippen LogP) is 7.49. The molecule has 0 aliphatic carbocycles. The van der Waals surface area contributed by atoms with Gasteiger partial charge in [-0.2, -0.15) is 0 Å². The number of amides is 1. The molecule has 0 spiro atoms. The Kier molecular flexibility index (Phi) is 13.8. The summed E-state index contributed by atoms with van der Waals surface area (Å²) in [5, 5.41) is 13.3. The summed E-state index contributed by atoms with van der Waals surface area (Å²) in [5.74, 6) is -1.28. The van der Waals surface area contributed by atoms with Crippen LogP contribution in [0.1, 0.15) is 86.6 Å². The number of ether oxygens (including phenoxy) is 5. The third-order valence-corrected chi connectivity index (χ3v) is 12.9. The van der Waals surface area contributed by atoms with E-state index in [2.05, 4.69) is 18.8 Å². The van der Waals surface area contributed by atoms with Crippen LogP contribution < -0.4 is 0 Å². The number of hydrogen-bond donors (Lipinski definition) is 1. The second-order valence-electron chi connectivity index (χ2n) is 17.5. The third-order valence-electron chi connectivity index (χ3n) is 12.7. The van der Waals surface area contributed by atoms with Crippen LogP contribution in [0.25, 0.3) is 17.0 Å². The maximum absolute atomic E-state index is 14.1. The summed E-state index contributed by atoms with van der Waals surface area (Å²) in [4.78, 5) is 41.2. The van der Waals surface area contributed by atoms with Gasteiger partial charge in [-0.25, -0.2) is 9.59 Å². The van der Waals surface area contributed by atoms with Gasteiger partial charge in [-0.3, -0.25) is 14.9 Å². The zero-order valence-corrected chi connectivity index (χ0v) is 36.6. The van der Waals surface area contributed by atoms with Gasteiger partial charge >= 0.3 is 12.1 Å². The highest BCUT2D eigenvalue weighted by Crippen LogP contribution is 2.44. The average Bonchev–Trinajstić information content (AvgIpc) is 3.29. The number of rotatable bonds is 9. The van der Waals surface area contributed by atoms with E-state index in [1.165, 1.54) is 0 Å². The lowest BCUT2D eigenvalue weighted by molar-refractivity contribution is -0.295. The first-order valence-electron chi connectivity index (χ1n) is 20.9. The molecule has 4 aliphatic heterocycles. The van der Waals surface area contributed by atoms with Gasteiger partial charge in [0, 0.05) is 52.3 Å². The molecule has 1 unspecified atom stereocenters. The average molecular weight is 823 g/mol. The van der Waals surface area contributed by atoms with E-state index >= 15 is 0 Å². The van der Waals surface area contributed by atoms with Crippen molar-refractivity contribution < 1.29 is 38.4 Å². The number of aliphatic hydroxyl groups is 1. The van der Waals surface area contributed by atoms with Crippen LogP contribution in [0.5, 0.6) is 0 Å². The highest BCUT2D eigenvalue weighted by Gasteiger charge is 2.60. The molecule has 318 valence electrons. The number of pyridine rings is 1. The minimum Gasteiger partial charge on any atom is -0.455 e. The fraction of sp³-hybridized carbons (Fsp3) is 0.644. The molecule has 4 aliphatic rings. The molecule has 0 radical (unpaired) electrons. The molecule has 5 heterocycles. The van der Waals surface area contributed by atoms with E-state index in [9.17, 15) is 14.7 Å². The Balaban J connectivity index is 1.42. The van der Waals surface area contributed by atoms with Crippen LogP contribution in [0.15, 0.2) is 53.2 Å². The lowest BCUT2D eigenvalue weighted by Crippen LogP contribution is -2.59. The maximum atomic E-state index is 14.1. The molecule has 1 aromatic carbocycles. The normalized spacial score (nSPS) is 37.2. The molecule has 1 amide bonds. The van der Waals surface area contributed by atoms with E-state index in [1.807, 2.05) is 102 Å². The molecular formula is C45H63ClN4O8. The van der Waals surface area contributed by atoms with Gasteiger partial charge in [0.2, 0.25) is 0 Å². The highest BCUT2D eigenvalue weighted by atomic mass is 35.5. The first-order valence-corrected chi connectivity index (χ1v) is 21.3. The van der Waals surface area contributed by atoms with Gasteiger partial charge in [0.25, 0.3) is 0 Å². The Morgan fingerprint density at radius 1 is 1.14 bits per heavy atom. The molecule has 2 bridgehead atoms. The minimum atomic E-state index is -1.10. The SMILES string of the molecule is CCC[C@H]1OC(=O)/C(C)=C\[C@H](C)[C@@H](O[C@H]2O[C@@H](C)C[C@@H](N(C)C)C2O)[C@@](C)(OC/C=C/c2cnc3ccc(Cl)cc3c2)C[C@@H](C)C2=NCCN3C(=O)O[C@@]1(C)[C@H]3[C@H]2C. The number of esters is 1. The number of aliphatic hydroxyl groups excluding tert-OH is 1. The van der Waals surface area contributed by atoms with Gasteiger partial charge in [0.1, 0.15) is 12.2 Å². The largest absolute Gasteiger partial charge is 0.455 e. The number of fused-ring (bicyclic) bond motifs is 2. The Bertz CT molecular complexity index is 1900. The van der Waals surface area contributed by atoms with E-state index in [-0.39, 0.29) is 30.6 Å². The first-order chi connectivity index (χ1) is 27.4. The van der Waals surface area contributed by atoms with Gasteiger partial charge in [-0.1, -0.05) is 63.9 Å². The van der Waals surface area contributed by atoms with Crippen molar-refractivity contribution in [2.75, 3.05) is 33.8 Å². The number of hydrogen-bond acceptors (Lipinski definition) is 11. The predicted molar refractivity (Wildman–Crippen MR) is 226 cm³/mol. The van der Waals surface area contributed by atoms with Crippen LogP contribution in [0.2, 0.25) is 5.02 Å². The number of likely N-dealkylation sites (N-methyl/N-ethyl adjacent to an activating group) is 1. The molecule has 58 heavy (non-hydrogen) atoms. The van der Waals surface area contributed by atoms with Crippen molar-refractivity contribution in [2.24, 2.45) is 22.7 Å². The molecule has 1 N–H and O–H groups in total. The van der Waals surface area contributed by atoms with Crippen LogP contribution in [-0.2, 0) is 28.5 Å². The van der Waals surface area contributed by atoms with Crippen molar-refractivity contribution in [1.29, 1.82) is 0 Å². The molecule has 2 saturated heterocycles. The van der Waals surface area contributed by atoms with Crippen molar-refractivity contribution in [1.82, 2.24) is 14.8 Å². The van der Waals surface area contributed by atoms with E-state index in [4.69, 9.17) is 40.3 Å². The van der Waals surface area contributed by atoms with Crippen molar-refractivity contribution in [3.05, 3.63) is 58.8 Å². The summed E-state index contributed by atoms with van der Waals surface area (Å²) in [7, 11) is 3.89. The first kappa shape index (κ1) is 44.2. The molecule has 1 aromatic heterocycles. The summed E-state index contributed by atoms with van der Waals surface area (Å²) >= 11 is 6.28. The summed E-state index contributed by atoms with van der Waals surface area (Å²) in [6, 6.07) is 7.04. The minimum absolute atomic E-state index is 0.137. The molecule has 6 rings (SSSR count). The fourth-order valence-electron chi connectivity index (χ4n) is 9.90. The number of cyclic esters (lactones) is 1. The highest BCUT2D eigenvalue weighted by molar-refractivity contribution is 6.31. The molecule has 2 aromatic rings. The van der Waals surface area contributed by atoms with Crippen molar-refractivity contribution in [3.8, 4) is 0 Å². The topological polar surface area (TPSA) is 132 Å². The molecule has 12 atom stereocenters. The Labute approximate surface area is 348 Å². The molecule has 2 fully saturated rings. The number of carbonyl (C=O) groups excluding carboxylic acids is 2. The summed E-state index contributed by atoms with van der Waals surface area (Å²) in [6.45, 7) is 17.0. The molecule has 0 saturated carbocycles. The van der Waals surface area contributed by atoms with Crippen molar-refractivity contribution >= 4 is 46.4 Å². The zero-order valence-electron chi connectivity index (χ0n) is 35.8. The second-order valence-corrected chi connectivity index (χ2v) is 18.0. The van der Waals surface area contributed by atoms with Crippen LogP contribution in [0.4, 0.5) is 4.79 Å². The van der Waals surface area contributed by atoms with Gasteiger partial charge in [0.15, 0.2) is 11.9 Å². The van der Waals surface area contributed by atoms with Crippen LogP contribution >= 0.6 is 11.6 Å². The lowest BCUT2D eigenvalue weighted by atomic mass is 9.73. The third kappa shape index (κ3) is 9.17. The summed E-state index contributed by atoms with van der Waals surface area (Å²) in [5.41, 5.74) is 0.958. The van der Waals surface area contributed by atoms with Gasteiger partial charge in [-0.05, 0) is 96.8 Å². The number of nitrogens with zero attached hydrogens (tertiary/aromatic N) is 4. The maximum Gasteiger partial charge on any atom is 0.410 e. The van der Waals surface area contributed by atoms with E-state index < -0.39 is 59.8 Å². The Morgan fingerprint density at radius 3 is 2.62 bits per heavy atom.